The van der Waals surface area contributed by atoms with E-state index < -0.39 is 0 Å². The maximum absolute atomic E-state index is 5.13. The summed E-state index contributed by atoms with van der Waals surface area (Å²) in [6, 6.07) is 0. The number of thiazole rings is 1. The molecule has 2 aromatic rings. The second kappa shape index (κ2) is 3.49. The number of H-pyrrole nitrogens is 1. The number of nitrogens with zero attached hydrogens (tertiary/aromatic N) is 3. The number of aromatic amines is 1. The van der Waals surface area contributed by atoms with Gasteiger partial charge in [0.1, 0.15) is 0 Å². The van der Waals surface area contributed by atoms with Gasteiger partial charge >= 0.3 is 0 Å². The largest absolute Gasteiger partial charge is 0.303 e. The van der Waals surface area contributed by atoms with E-state index in [-0.39, 0.29) is 0 Å². The number of rotatable bonds is 2. The van der Waals surface area contributed by atoms with Crippen LogP contribution in [0.15, 0.2) is 0 Å². The van der Waals surface area contributed by atoms with E-state index >= 15 is 0 Å². The van der Waals surface area contributed by atoms with Gasteiger partial charge in [0.15, 0.2) is 10.6 Å². The standard InChI is InChI=1S/C10H12N4S2/c1-5-11-7(6-3-4-6)8(16-5)9-12-13-10(15)14(9)2/h6H,3-4H2,1-2H3,(H,13,15). The average Bonchev–Trinajstić information content (AvgIpc) is 2.95. The molecule has 0 aliphatic heterocycles. The first-order valence-corrected chi connectivity index (χ1v) is 6.48. The third-order valence-electron chi connectivity index (χ3n) is 2.81. The smallest absolute Gasteiger partial charge is 0.195 e. The van der Waals surface area contributed by atoms with Crippen molar-refractivity contribution in [2.24, 2.45) is 7.05 Å². The van der Waals surface area contributed by atoms with Crippen molar-refractivity contribution in [2.45, 2.75) is 25.7 Å². The molecule has 1 saturated carbocycles. The Hall–Kier alpha value is -1.01. The third-order valence-corrected chi connectivity index (χ3v) is 4.15. The molecule has 1 aliphatic carbocycles. The van der Waals surface area contributed by atoms with E-state index in [2.05, 4.69) is 15.2 Å². The minimum Gasteiger partial charge on any atom is -0.303 e. The monoisotopic (exact) mass is 252 g/mol. The summed E-state index contributed by atoms with van der Waals surface area (Å²) in [5.41, 5.74) is 1.21. The second-order valence-electron chi connectivity index (χ2n) is 4.13. The minimum absolute atomic E-state index is 0.644. The van der Waals surface area contributed by atoms with Gasteiger partial charge in [-0.1, -0.05) is 0 Å². The summed E-state index contributed by atoms with van der Waals surface area (Å²) in [7, 11) is 1.94. The molecule has 0 atom stereocenters. The normalized spacial score (nSPS) is 15.6. The zero-order valence-electron chi connectivity index (χ0n) is 9.15. The fourth-order valence-corrected chi connectivity index (χ4v) is 2.95. The maximum atomic E-state index is 5.13. The first-order chi connectivity index (χ1) is 7.66. The maximum Gasteiger partial charge on any atom is 0.195 e. The molecule has 0 bridgehead atoms. The molecule has 2 aromatic heterocycles. The van der Waals surface area contributed by atoms with Gasteiger partial charge in [-0.15, -0.1) is 11.3 Å². The van der Waals surface area contributed by atoms with Gasteiger partial charge < -0.3 is 4.57 Å². The van der Waals surface area contributed by atoms with Crippen molar-refractivity contribution in [2.75, 3.05) is 0 Å². The van der Waals surface area contributed by atoms with E-state index in [1.165, 1.54) is 23.4 Å². The molecule has 84 valence electrons. The molecule has 3 rings (SSSR count). The van der Waals surface area contributed by atoms with Crippen LogP contribution in [0.1, 0.15) is 29.5 Å². The highest BCUT2D eigenvalue weighted by molar-refractivity contribution is 7.71. The molecule has 0 spiro atoms. The van der Waals surface area contributed by atoms with E-state index in [0.717, 1.165) is 10.8 Å². The van der Waals surface area contributed by atoms with E-state index in [9.17, 15) is 0 Å². The molecule has 0 aromatic carbocycles. The lowest BCUT2D eigenvalue weighted by Gasteiger charge is -1.99. The van der Waals surface area contributed by atoms with Crippen LogP contribution in [0.3, 0.4) is 0 Å². The average molecular weight is 252 g/mol. The zero-order chi connectivity index (χ0) is 11.3. The summed E-state index contributed by atoms with van der Waals surface area (Å²) in [5, 5.41) is 8.21. The van der Waals surface area contributed by atoms with E-state index in [1.54, 1.807) is 11.3 Å². The lowest BCUT2D eigenvalue weighted by atomic mass is 10.2. The SMILES string of the molecule is Cc1nc(C2CC2)c(-c2n[nH]c(=S)n2C)s1. The summed E-state index contributed by atoms with van der Waals surface area (Å²) in [4.78, 5) is 5.79. The van der Waals surface area contributed by atoms with Crippen molar-refractivity contribution >= 4 is 23.6 Å². The van der Waals surface area contributed by atoms with Crippen LogP contribution in [-0.4, -0.2) is 19.7 Å². The van der Waals surface area contributed by atoms with Gasteiger partial charge in [0.05, 0.1) is 15.6 Å². The summed E-state index contributed by atoms with van der Waals surface area (Å²) >= 11 is 6.84. The molecule has 1 fully saturated rings. The van der Waals surface area contributed by atoms with Crippen LogP contribution in [0.2, 0.25) is 0 Å². The van der Waals surface area contributed by atoms with Crippen LogP contribution >= 0.6 is 23.6 Å². The zero-order valence-corrected chi connectivity index (χ0v) is 10.8. The topological polar surface area (TPSA) is 46.5 Å². The Morgan fingerprint density at radius 3 is 2.81 bits per heavy atom. The molecule has 1 N–H and O–H groups in total. The molecular formula is C10H12N4S2. The molecular weight excluding hydrogens is 240 g/mol. The van der Waals surface area contributed by atoms with Crippen LogP contribution in [0.5, 0.6) is 0 Å². The van der Waals surface area contributed by atoms with Crippen LogP contribution in [0, 0.1) is 11.7 Å². The van der Waals surface area contributed by atoms with E-state index in [4.69, 9.17) is 12.2 Å². The van der Waals surface area contributed by atoms with Gasteiger partial charge in [-0.05, 0) is 32.0 Å². The number of hydrogen-bond donors (Lipinski definition) is 1. The summed E-state index contributed by atoms with van der Waals surface area (Å²) in [6.45, 7) is 2.04. The van der Waals surface area contributed by atoms with Gasteiger partial charge in [-0.25, -0.2) is 4.98 Å². The highest BCUT2D eigenvalue weighted by Crippen LogP contribution is 2.45. The Morgan fingerprint density at radius 1 is 1.50 bits per heavy atom. The van der Waals surface area contributed by atoms with Crippen LogP contribution < -0.4 is 0 Å². The molecule has 2 heterocycles. The van der Waals surface area contributed by atoms with Crippen molar-refractivity contribution in [3.8, 4) is 10.7 Å². The molecule has 16 heavy (non-hydrogen) atoms. The Labute approximate surface area is 102 Å². The Kier molecular flexibility index (Phi) is 2.22. The van der Waals surface area contributed by atoms with Crippen molar-refractivity contribution in [3.05, 3.63) is 15.5 Å². The van der Waals surface area contributed by atoms with Gasteiger partial charge in [-0.2, -0.15) is 5.10 Å². The number of aromatic nitrogens is 4. The summed E-state index contributed by atoms with van der Waals surface area (Å²) in [6.07, 6.45) is 2.51. The fraction of sp³-hybridized carbons (Fsp3) is 0.500. The number of hydrogen-bond acceptors (Lipinski definition) is 4. The predicted molar refractivity (Wildman–Crippen MR) is 66.2 cm³/mol. The fourth-order valence-electron chi connectivity index (χ4n) is 1.79. The summed E-state index contributed by atoms with van der Waals surface area (Å²) in [5.74, 6) is 1.56. The van der Waals surface area contributed by atoms with Crippen LogP contribution in [0.25, 0.3) is 10.7 Å². The Balaban J connectivity index is 2.18. The first-order valence-electron chi connectivity index (χ1n) is 5.26. The van der Waals surface area contributed by atoms with Crippen molar-refractivity contribution in [1.29, 1.82) is 0 Å². The molecule has 4 nitrogen and oxygen atoms in total. The lowest BCUT2D eigenvalue weighted by Crippen LogP contribution is -1.93. The second-order valence-corrected chi connectivity index (χ2v) is 5.72. The Bertz CT molecular complexity index is 588. The molecule has 6 heteroatoms. The molecule has 0 unspecified atom stereocenters. The summed E-state index contributed by atoms with van der Waals surface area (Å²) < 4.78 is 2.57. The van der Waals surface area contributed by atoms with Gasteiger partial charge in [-0.3, -0.25) is 5.10 Å². The van der Waals surface area contributed by atoms with Gasteiger partial charge in [0.2, 0.25) is 0 Å². The molecule has 0 saturated heterocycles. The highest BCUT2D eigenvalue weighted by Gasteiger charge is 2.30. The highest BCUT2D eigenvalue weighted by atomic mass is 32.1. The minimum atomic E-state index is 0.644. The van der Waals surface area contributed by atoms with Crippen molar-refractivity contribution < 1.29 is 0 Å². The van der Waals surface area contributed by atoms with E-state index in [0.29, 0.717) is 10.7 Å². The predicted octanol–water partition coefficient (Wildman–Crippen LogP) is 2.79. The quantitative estimate of drug-likeness (QED) is 0.836. The van der Waals surface area contributed by atoms with E-state index in [1.807, 2.05) is 18.5 Å². The third kappa shape index (κ3) is 1.53. The van der Waals surface area contributed by atoms with Crippen LogP contribution in [0.4, 0.5) is 0 Å². The van der Waals surface area contributed by atoms with Crippen LogP contribution in [-0.2, 0) is 7.05 Å². The molecule has 0 amide bonds. The van der Waals surface area contributed by atoms with Gasteiger partial charge in [0, 0.05) is 13.0 Å². The number of aryl methyl sites for hydroxylation is 1. The number of nitrogens with one attached hydrogen (secondary N) is 1. The molecule has 0 radical (unpaired) electrons. The van der Waals surface area contributed by atoms with Gasteiger partial charge in [0.25, 0.3) is 0 Å². The lowest BCUT2D eigenvalue weighted by molar-refractivity contribution is 0.899. The van der Waals surface area contributed by atoms with Crippen molar-refractivity contribution in [1.82, 2.24) is 19.7 Å². The van der Waals surface area contributed by atoms with Crippen molar-refractivity contribution in [3.63, 3.8) is 0 Å². The Morgan fingerprint density at radius 2 is 2.25 bits per heavy atom. The first kappa shape index (κ1) is 10.2. The molecule has 1 aliphatic rings.